The molecule has 0 unspecified atom stereocenters. The molecule has 1 aromatic carbocycles. The molecule has 6 heteroatoms. The van der Waals surface area contributed by atoms with Crippen LogP contribution >= 0.6 is 0 Å². The van der Waals surface area contributed by atoms with Gasteiger partial charge in [0.05, 0.1) is 12.2 Å². The van der Waals surface area contributed by atoms with Gasteiger partial charge < -0.3 is 4.90 Å². The maximum absolute atomic E-state index is 11.8. The molecule has 15 heavy (non-hydrogen) atoms. The van der Waals surface area contributed by atoms with Crippen LogP contribution in [0.4, 0.5) is 5.69 Å². The third-order valence-corrected chi connectivity index (χ3v) is 3.89. The Morgan fingerprint density at radius 1 is 1.33 bits per heavy atom. The van der Waals surface area contributed by atoms with Gasteiger partial charge in [-0.1, -0.05) is 12.1 Å². The van der Waals surface area contributed by atoms with Gasteiger partial charge in [-0.05, 0) is 12.1 Å². The van der Waals surface area contributed by atoms with Gasteiger partial charge in [0.25, 0.3) is 10.0 Å². The van der Waals surface area contributed by atoms with Crippen LogP contribution in [0, 0.1) is 0 Å². The number of aliphatic imine (C=N–C) groups is 1. The van der Waals surface area contributed by atoms with E-state index in [1.54, 1.807) is 18.2 Å². The van der Waals surface area contributed by atoms with Gasteiger partial charge in [0.15, 0.2) is 0 Å². The Bertz CT molecular complexity index is 550. The summed E-state index contributed by atoms with van der Waals surface area (Å²) < 4.78 is 26.1. The summed E-state index contributed by atoms with van der Waals surface area (Å²) in [5.74, 6) is 0.439. The molecule has 2 aliphatic rings. The van der Waals surface area contributed by atoms with Crippen LogP contribution in [0.2, 0.25) is 0 Å². The van der Waals surface area contributed by atoms with Crippen molar-refractivity contribution in [2.75, 3.05) is 18.0 Å². The van der Waals surface area contributed by atoms with Crippen molar-refractivity contribution >= 4 is 21.7 Å². The van der Waals surface area contributed by atoms with E-state index in [0.717, 1.165) is 6.54 Å². The van der Waals surface area contributed by atoms with Crippen molar-refractivity contribution in [3.05, 3.63) is 24.3 Å². The maximum Gasteiger partial charge on any atom is 0.266 e. The monoisotopic (exact) mass is 223 g/mol. The summed E-state index contributed by atoms with van der Waals surface area (Å²) in [4.78, 5) is 6.31. The van der Waals surface area contributed by atoms with Gasteiger partial charge >= 0.3 is 0 Å². The lowest BCUT2D eigenvalue weighted by Gasteiger charge is -2.28. The van der Waals surface area contributed by atoms with Crippen LogP contribution in [0.3, 0.4) is 0 Å². The number of sulfonamides is 1. The van der Waals surface area contributed by atoms with Crippen molar-refractivity contribution in [3.63, 3.8) is 0 Å². The quantitative estimate of drug-likeness (QED) is 0.681. The van der Waals surface area contributed by atoms with Crippen LogP contribution in [0.15, 0.2) is 34.2 Å². The van der Waals surface area contributed by atoms with Crippen molar-refractivity contribution in [1.82, 2.24) is 4.72 Å². The van der Waals surface area contributed by atoms with Crippen molar-refractivity contribution < 1.29 is 8.42 Å². The summed E-state index contributed by atoms with van der Waals surface area (Å²) in [6.07, 6.45) is 0. The van der Waals surface area contributed by atoms with E-state index in [0.29, 0.717) is 23.1 Å². The Morgan fingerprint density at radius 3 is 3.00 bits per heavy atom. The largest absolute Gasteiger partial charge is 0.309 e. The summed E-state index contributed by atoms with van der Waals surface area (Å²) in [5, 5.41) is 0. The van der Waals surface area contributed by atoms with Crippen molar-refractivity contribution in [1.29, 1.82) is 0 Å². The molecule has 0 radical (unpaired) electrons. The minimum absolute atomic E-state index is 0.325. The molecule has 0 saturated carbocycles. The zero-order valence-electron chi connectivity index (χ0n) is 7.84. The fourth-order valence-electron chi connectivity index (χ4n) is 1.85. The van der Waals surface area contributed by atoms with Gasteiger partial charge in [-0.15, -0.1) is 0 Å². The van der Waals surface area contributed by atoms with Crippen molar-refractivity contribution in [3.8, 4) is 0 Å². The van der Waals surface area contributed by atoms with E-state index in [1.165, 1.54) is 0 Å². The number of rotatable bonds is 0. The Morgan fingerprint density at radius 2 is 2.13 bits per heavy atom. The molecule has 0 atom stereocenters. The lowest BCUT2D eigenvalue weighted by molar-refractivity contribution is 0.590. The number of fused-ring (bicyclic) bond motifs is 3. The number of hydrogen-bond donors (Lipinski definition) is 1. The molecule has 1 aromatic rings. The molecular weight excluding hydrogens is 214 g/mol. The van der Waals surface area contributed by atoms with Crippen LogP contribution < -0.4 is 9.62 Å². The van der Waals surface area contributed by atoms with E-state index in [-0.39, 0.29) is 0 Å². The molecule has 0 saturated heterocycles. The first-order chi connectivity index (χ1) is 7.18. The third kappa shape index (κ3) is 1.14. The normalized spacial score (nSPS) is 21.3. The van der Waals surface area contributed by atoms with Gasteiger partial charge in [-0.25, -0.2) is 13.1 Å². The summed E-state index contributed by atoms with van der Waals surface area (Å²) >= 11 is 0. The molecule has 0 fully saturated rings. The number of benzene rings is 1. The first-order valence-electron chi connectivity index (χ1n) is 4.62. The molecule has 0 aromatic heterocycles. The smallest absolute Gasteiger partial charge is 0.266 e. The highest BCUT2D eigenvalue weighted by Gasteiger charge is 2.33. The lowest BCUT2D eigenvalue weighted by atomic mass is 10.3. The summed E-state index contributed by atoms with van der Waals surface area (Å²) in [5.41, 5.74) is 0.715. The van der Waals surface area contributed by atoms with Crippen molar-refractivity contribution in [2.24, 2.45) is 4.99 Å². The van der Waals surface area contributed by atoms with E-state index in [9.17, 15) is 8.42 Å². The average molecular weight is 223 g/mol. The molecule has 5 nitrogen and oxygen atoms in total. The van der Waals surface area contributed by atoms with Gasteiger partial charge in [0.2, 0.25) is 5.96 Å². The highest BCUT2D eigenvalue weighted by molar-refractivity contribution is 7.90. The Labute approximate surface area is 87.5 Å². The Balaban J connectivity index is 2.30. The highest BCUT2D eigenvalue weighted by atomic mass is 32.2. The third-order valence-electron chi connectivity index (χ3n) is 2.51. The van der Waals surface area contributed by atoms with E-state index in [1.807, 2.05) is 11.0 Å². The van der Waals surface area contributed by atoms with Crippen LogP contribution in [0.5, 0.6) is 0 Å². The molecule has 0 aliphatic carbocycles. The number of hydrogen-bond acceptors (Lipinski definition) is 4. The second kappa shape index (κ2) is 2.73. The first-order valence-corrected chi connectivity index (χ1v) is 6.11. The standard InChI is InChI=1S/C9H9N3O2S/c13-15(14)8-4-2-1-3-7(8)12-6-5-10-9(12)11-15/h1-4H,5-6H2,(H,10,11). The predicted molar refractivity (Wildman–Crippen MR) is 56.4 cm³/mol. The van der Waals surface area contributed by atoms with Gasteiger partial charge in [-0.3, -0.25) is 4.99 Å². The molecule has 0 spiro atoms. The topological polar surface area (TPSA) is 61.8 Å². The molecule has 0 bridgehead atoms. The average Bonchev–Trinajstić information content (AvgIpc) is 2.65. The first kappa shape index (κ1) is 8.72. The number of guanidine groups is 1. The molecule has 3 rings (SSSR count). The fraction of sp³-hybridized carbons (Fsp3) is 0.222. The zero-order valence-corrected chi connectivity index (χ0v) is 8.66. The number of nitrogens with one attached hydrogen (secondary N) is 1. The molecule has 1 N–H and O–H groups in total. The van der Waals surface area contributed by atoms with Gasteiger partial charge in [0.1, 0.15) is 4.90 Å². The van der Waals surface area contributed by atoms with Crippen LogP contribution in [0.1, 0.15) is 0 Å². The fourth-order valence-corrected chi connectivity index (χ4v) is 3.09. The maximum atomic E-state index is 11.8. The number of anilines is 1. The summed E-state index contributed by atoms with van der Waals surface area (Å²) in [6, 6.07) is 6.95. The SMILES string of the molecule is O=S1(=O)NC2=NCCN2c2ccccc21. The molecule has 0 amide bonds. The van der Waals surface area contributed by atoms with Crippen LogP contribution in [0.25, 0.3) is 0 Å². The van der Waals surface area contributed by atoms with E-state index < -0.39 is 10.0 Å². The minimum atomic E-state index is -3.42. The number of para-hydroxylation sites is 1. The second-order valence-electron chi connectivity index (χ2n) is 3.43. The van der Waals surface area contributed by atoms with Crippen LogP contribution in [-0.4, -0.2) is 27.5 Å². The summed E-state index contributed by atoms with van der Waals surface area (Å²) in [6.45, 7) is 1.36. The van der Waals surface area contributed by atoms with E-state index >= 15 is 0 Å². The van der Waals surface area contributed by atoms with Gasteiger partial charge in [0, 0.05) is 6.54 Å². The molecular formula is C9H9N3O2S. The van der Waals surface area contributed by atoms with Gasteiger partial charge in [-0.2, -0.15) is 0 Å². The molecule has 2 aliphatic heterocycles. The lowest BCUT2D eigenvalue weighted by Crippen LogP contribution is -2.46. The van der Waals surface area contributed by atoms with Crippen molar-refractivity contribution in [2.45, 2.75) is 4.90 Å². The highest BCUT2D eigenvalue weighted by Crippen LogP contribution is 2.29. The molecule has 2 heterocycles. The van der Waals surface area contributed by atoms with E-state index in [2.05, 4.69) is 9.71 Å². The predicted octanol–water partition coefficient (Wildman–Crippen LogP) is 0.154. The molecule has 78 valence electrons. The second-order valence-corrected chi connectivity index (χ2v) is 5.08. The van der Waals surface area contributed by atoms with Crippen LogP contribution in [-0.2, 0) is 10.0 Å². The van der Waals surface area contributed by atoms with E-state index in [4.69, 9.17) is 0 Å². The Hall–Kier alpha value is -1.56. The minimum Gasteiger partial charge on any atom is -0.309 e. The number of nitrogens with zero attached hydrogens (tertiary/aromatic N) is 2. The Kier molecular flexibility index (Phi) is 1.59. The summed E-state index contributed by atoms with van der Waals surface area (Å²) in [7, 11) is -3.42. The zero-order chi connectivity index (χ0) is 10.5.